The van der Waals surface area contributed by atoms with Gasteiger partial charge >= 0.3 is 0 Å². The molecule has 0 atom stereocenters. The van der Waals surface area contributed by atoms with Crippen molar-refractivity contribution >= 4 is 0 Å². The van der Waals surface area contributed by atoms with Crippen LogP contribution in [0, 0.1) is 0 Å². The highest BCUT2D eigenvalue weighted by Gasteiger charge is 1.93. The summed E-state index contributed by atoms with van der Waals surface area (Å²) in [5.74, 6) is 0. The van der Waals surface area contributed by atoms with Crippen molar-refractivity contribution in [2.45, 2.75) is 155 Å². The predicted octanol–water partition coefficient (Wildman–Crippen LogP) is 10.7. The van der Waals surface area contributed by atoms with E-state index in [1.54, 1.807) is 0 Å². The fraction of sp³-hybridized carbons (Fsp3) is 0.857. The summed E-state index contributed by atoms with van der Waals surface area (Å²) in [6.07, 6.45) is 40.4. The largest absolute Gasteiger partial charge is 0.0885 e. The number of unbranched alkanes of at least 4 members (excludes halogenated alkanes) is 19. The summed E-state index contributed by atoms with van der Waals surface area (Å²) in [5, 5.41) is 0. The molecule has 166 valence electrons. The van der Waals surface area contributed by atoms with Crippen LogP contribution in [0.15, 0.2) is 24.3 Å². The van der Waals surface area contributed by atoms with Gasteiger partial charge in [0.05, 0.1) is 0 Å². The van der Waals surface area contributed by atoms with Crippen molar-refractivity contribution in [2.75, 3.05) is 0 Å². The van der Waals surface area contributed by atoms with Crippen molar-refractivity contribution < 1.29 is 0 Å². The highest BCUT2D eigenvalue weighted by Crippen LogP contribution is 2.13. The van der Waals surface area contributed by atoms with E-state index >= 15 is 0 Å². The molecule has 0 radical (unpaired) electrons. The van der Waals surface area contributed by atoms with Gasteiger partial charge in [-0.1, -0.05) is 128 Å². The molecule has 0 aliphatic carbocycles. The summed E-state index contributed by atoms with van der Waals surface area (Å²) in [5.41, 5.74) is 0. The van der Waals surface area contributed by atoms with E-state index in [2.05, 4.69) is 38.2 Å². The van der Waals surface area contributed by atoms with E-state index in [0.717, 1.165) is 0 Å². The summed E-state index contributed by atoms with van der Waals surface area (Å²) in [4.78, 5) is 0. The average molecular weight is 391 g/mol. The second-order valence-corrected chi connectivity index (χ2v) is 8.75. The molecule has 0 bridgehead atoms. The van der Waals surface area contributed by atoms with Crippen LogP contribution >= 0.6 is 0 Å². The fourth-order valence-corrected chi connectivity index (χ4v) is 3.79. The molecule has 0 N–H and O–H groups in total. The Balaban J connectivity index is 3.06. The molecule has 0 spiro atoms. The van der Waals surface area contributed by atoms with Crippen LogP contribution in [0.2, 0.25) is 0 Å². The van der Waals surface area contributed by atoms with Gasteiger partial charge in [-0.3, -0.25) is 0 Å². The van der Waals surface area contributed by atoms with Crippen LogP contribution in [0.25, 0.3) is 0 Å². The molecule has 0 nitrogen and oxygen atoms in total. The number of allylic oxidation sites excluding steroid dienone is 4. The minimum Gasteiger partial charge on any atom is -0.0885 e. The summed E-state index contributed by atoms with van der Waals surface area (Å²) < 4.78 is 0. The number of hydrogen-bond donors (Lipinski definition) is 0. The Hall–Kier alpha value is -0.520. The minimum absolute atomic E-state index is 1.30. The maximum atomic E-state index is 2.42. The first-order chi connectivity index (χ1) is 13.9. The maximum Gasteiger partial charge on any atom is -0.0351 e. The minimum atomic E-state index is 1.30. The SMILES string of the molecule is CCCCCC=CCCCCCCCCCCCCCCC=CCCCCC. The molecule has 0 heteroatoms. The molecule has 28 heavy (non-hydrogen) atoms. The lowest BCUT2D eigenvalue weighted by Gasteiger charge is -2.02. The fourth-order valence-electron chi connectivity index (χ4n) is 3.79. The van der Waals surface area contributed by atoms with Crippen LogP contribution in [-0.4, -0.2) is 0 Å². The lowest BCUT2D eigenvalue weighted by molar-refractivity contribution is 0.542. The Morgan fingerprint density at radius 2 is 0.500 bits per heavy atom. The van der Waals surface area contributed by atoms with Crippen molar-refractivity contribution in [3.8, 4) is 0 Å². The van der Waals surface area contributed by atoms with Gasteiger partial charge in [-0.15, -0.1) is 0 Å². The number of hydrogen-bond acceptors (Lipinski definition) is 0. The van der Waals surface area contributed by atoms with Crippen molar-refractivity contribution in [1.82, 2.24) is 0 Å². The molecule has 0 heterocycles. The van der Waals surface area contributed by atoms with E-state index in [1.807, 2.05) is 0 Å². The molecule has 0 saturated heterocycles. The lowest BCUT2D eigenvalue weighted by atomic mass is 10.0. The Kier molecular flexibility index (Phi) is 26.0. The summed E-state index contributed by atoms with van der Waals surface area (Å²) in [7, 11) is 0. The quantitative estimate of drug-likeness (QED) is 0.120. The Labute approximate surface area is 179 Å². The van der Waals surface area contributed by atoms with Gasteiger partial charge in [-0.2, -0.15) is 0 Å². The molecule has 0 fully saturated rings. The zero-order chi connectivity index (χ0) is 20.4. The van der Waals surface area contributed by atoms with Crippen LogP contribution in [0.4, 0.5) is 0 Å². The van der Waals surface area contributed by atoms with Gasteiger partial charge in [0.25, 0.3) is 0 Å². The standard InChI is InChI=1S/C28H54/c1-3-5-7-9-11-13-15-17-19-21-23-25-27-28-26-24-22-20-18-16-14-12-10-8-6-4-2/h11-14H,3-10,15-28H2,1-2H3. The van der Waals surface area contributed by atoms with E-state index in [-0.39, 0.29) is 0 Å². The van der Waals surface area contributed by atoms with Crippen LogP contribution in [-0.2, 0) is 0 Å². The van der Waals surface area contributed by atoms with E-state index in [4.69, 9.17) is 0 Å². The summed E-state index contributed by atoms with van der Waals surface area (Å²) in [6, 6.07) is 0. The van der Waals surface area contributed by atoms with Crippen LogP contribution in [0.3, 0.4) is 0 Å². The van der Waals surface area contributed by atoms with Gasteiger partial charge in [0.1, 0.15) is 0 Å². The molecule has 0 amide bonds. The van der Waals surface area contributed by atoms with Crippen molar-refractivity contribution in [3.63, 3.8) is 0 Å². The highest BCUT2D eigenvalue weighted by molar-refractivity contribution is 4.81. The Morgan fingerprint density at radius 3 is 0.750 bits per heavy atom. The van der Waals surface area contributed by atoms with Crippen molar-refractivity contribution in [2.24, 2.45) is 0 Å². The third-order valence-corrected chi connectivity index (χ3v) is 5.77. The molecular formula is C28H54. The van der Waals surface area contributed by atoms with Crippen LogP contribution in [0.5, 0.6) is 0 Å². The van der Waals surface area contributed by atoms with Gasteiger partial charge in [-0.25, -0.2) is 0 Å². The van der Waals surface area contributed by atoms with Crippen molar-refractivity contribution in [1.29, 1.82) is 0 Å². The third-order valence-electron chi connectivity index (χ3n) is 5.77. The van der Waals surface area contributed by atoms with E-state index in [1.165, 1.54) is 141 Å². The summed E-state index contributed by atoms with van der Waals surface area (Å²) >= 11 is 0. The van der Waals surface area contributed by atoms with E-state index < -0.39 is 0 Å². The molecule has 0 rings (SSSR count). The number of rotatable bonds is 23. The molecule has 0 unspecified atom stereocenters. The van der Waals surface area contributed by atoms with Gasteiger partial charge in [-0.05, 0) is 51.4 Å². The molecule has 0 aliphatic heterocycles. The van der Waals surface area contributed by atoms with Gasteiger partial charge < -0.3 is 0 Å². The third kappa shape index (κ3) is 25.5. The lowest BCUT2D eigenvalue weighted by Crippen LogP contribution is -1.83. The second kappa shape index (κ2) is 26.5. The maximum absolute atomic E-state index is 2.42. The van der Waals surface area contributed by atoms with Gasteiger partial charge in [0.2, 0.25) is 0 Å². The molecule has 0 aromatic heterocycles. The van der Waals surface area contributed by atoms with Crippen LogP contribution < -0.4 is 0 Å². The zero-order valence-electron chi connectivity index (χ0n) is 19.9. The normalized spacial score (nSPS) is 11.9. The molecular weight excluding hydrogens is 336 g/mol. The first-order valence-electron chi connectivity index (χ1n) is 13.2. The Bertz CT molecular complexity index is 280. The smallest absolute Gasteiger partial charge is 0.0351 e. The topological polar surface area (TPSA) is 0 Å². The predicted molar refractivity (Wildman–Crippen MR) is 131 cm³/mol. The summed E-state index contributed by atoms with van der Waals surface area (Å²) in [6.45, 7) is 4.56. The van der Waals surface area contributed by atoms with E-state index in [9.17, 15) is 0 Å². The highest BCUT2D eigenvalue weighted by atomic mass is 14.0. The first kappa shape index (κ1) is 27.5. The van der Waals surface area contributed by atoms with E-state index in [0.29, 0.717) is 0 Å². The second-order valence-electron chi connectivity index (χ2n) is 8.75. The molecule has 0 aromatic carbocycles. The van der Waals surface area contributed by atoms with Gasteiger partial charge in [0.15, 0.2) is 0 Å². The first-order valence-corrected chi connectivity index (χ1v) is 13.2. The Morgan fingerprint density at radius 1 is 0.286 bits per heavy atom. The average Bonchev–Trinajstić information content (AvgIpc) is 2.71. The molecule has 0 saturated carbocycles. The van der Waals surface area contributed by atoms with Crippen molar-refractivity contribution in [3.05, 3.63) is 24.3 Å². The molecule has 0 aliphatic rings. The molecule has 0 aromatic rings. The van der Waals surface area contributed by atoms with Crippen LogP contribution in [0.1, 0.15) is 155 Å². The zero-order valence-corrected chi connectivity index (χ0v) is 19.9. The van der Waals surface area contributed by atoms with Gasteiger partial charge in [0, 0.05) is 0 Å². The monoisotopic (exact) mass is 390 g/mol.